The molecule has 0 aliphatic rings. The minimum atomic E-state index is -0.353. The fraction of sp³-hybridized carbons (Fsp3) is 0. The summed E-state index contributed by atoms with van der Waals surface area (Å²) in [6, 6.07) is 10.9. The van der Waals surface area contributed by atoms with Gasteiger partial charge in [0.15, 0.2) is 11.6 Å². The van der Waals surface area contributed by atoms with Gasteiger partial charge in [-0.05, 0) is 36.4 Å². The van der Waals surface area contributed by atoms with E-state index in [1.807, 2.05) is 24.3 Å². The fourth-order valence-electron chi connectivity index (χ4n) is 1.95. The van der Waals surface area contributed by atoms with Crippen molar-refractivity contribution in [2.45, 2.75) is 0 Å². The van der Waals surface area contributed by atoms with Crippen LogP contribution >= 0.6 is 15.9 Å². The molecule has 0 fully saturated rings. The van der Waals surface area contributed by atoms with Crippen molar-refractivity contribution in [3.05, 3.63) is 65.2 Å². The van der Waals surface area contributed by atoms with E-state index in [9.17, 15) is 4.79 Å². The number of nitrogens with one attached hydrogen (secondary N) is 3. The van der Waals surface area contributed by atoms with Crippen molar-refractivity contribution >= 4 is 44.8 Å². The molecule has 0 bridgehead atoms. The monoisotopic (exact) mass is 399 g/mol. The Balaban J connectivity index is 1.70. The van der Waals surface area contributed by atoms with Gasteiger partial charge in [0.25, 0.3) is 5.91 Å². The Morgan fingerprint density at radius 3 is 2.56 bits per heavy atom. The van der Waals surface area contributed by atoms with Crippen LogP contribution in [0.3, 0.4) is 0 Å². The number of aromatic nitrogens is 3. The van der Waals surface area contributed by atoms with Gasteiger partial charge in [0.1, 0.15) is 12.0 Å². The summed E-state index contributed by atoms with van der Waals surface area (Å²) in [5.41, 5.74) is 12.8. The van der Waals surface area contributed by atoms with Gasteiger partial charge in [0.05, 0.1) is 5.56 Å². The minimum Gasteiger partial charge on any atom is -0.393 e. The number of rotatable bonds is 5. The van der Waals surface area contributed by atoms with E-state index in [0.29, 0.717) is 11.4 Å². The van der Waals surface area contributed by atoms with E-state index in [1.165, 1.54) is 12.5 Å². The highest BCUT2D eigenvalue weighted by Gasteiger charge is 2.10. The largest absolute Gasteiger partial charge is 0.393 e. The standard InChI is InChI=1S/C16H14BrN7O/c17-11-3-5-12(6-4-11)22-14-13(18)15(21-9-20-14)23-24-16(25)10-2-1-7-19-8-10/h1-9H,18H2,(H,24,25)(H2,20,21,22,23). The van der Waals surface area contributed by atoms with Crippen LogP contribution in [0.1, 0.15) is 10.4 Å². The number of hydrogen-bond donors (Lipinski definition) is 4. The van der Waals surface area contributed by atoms with Gasteiger partial charge >= 0.3 is 0 Å². The number of hydrogen-bond acceptors (Lipinski definition) is 7. The van der Waals surface area contributed by atoms with Crippen molar-refractivity contribution in [1.29, 1.82) is 0 Å². The molecule has 3 aromatic rings. The van der Waals surface area contributed by atoms with Crippen LogP contribution in [0.15, 0.2) is 59.6 Å². The number of carbonyl (C=O) groups excluding carboxylic acids is 1. The molecule has 0 aliphatic carbocycles. The average Bonchev–Trinajstić information content (AvgIpc) is 2.64. The number of amides is 1. The molecule has 9 heteroatoms. The molecular weight excluding hydrogens is 386 g/mol. The Bertz CT molecular complexity index is 871. The predicted molar refractivity (Wildman–Crippen MR) is 99.2 cm³/mol. The van der Waals surface area contributed by atoms with Gasteiger partial charge in [0, 0.05) is 22.6 Å². The number of nitrogens with zero attached hydrogens (tertiary/aromatic N) is 3. The lowest BCUT2D eigenvalue weighted by Crippen LogP contribution is -2.30. The maximum atomic E-state index is 12.0. The molecule has 8 nitrogen and oxygen atoms in total. The summed E-state index contributed by atoms with van der Waals surface area (Å²) in [4.78, 5) is 24.1. The number of nitrogen functional groups attached to an aromatic ring is 1. The lowest BCUT2D eigenvalue weighted by Gasteiger charge is -2.13. The fourth-order valence-corrected chi connectivity index (χ4v) is 2.21. The second-order valence-corrected chi connectivity index (χ2v) is 5.85. The quantitative estimate of drug-likeness (QED) is 0.487. The third-order valence-electron chi connectivity index (χ3n) is 3.21. The SMILES string of the molecule is Nc1c(NNC(=O)c2cccnc2)ncnc1Nc1ccc(Br)cc1. The number of nitrogens with two attached hydrogens (primary N) is 1. The van der Waals surface area contributed by atoms with Crippen LogP contribution in [0.25, 0.3) is 0 Å². The summed E-state index contributed by atoms with van der Waals surface area (Å²) in [7, 11) is 0. The summed E-state index contributed by atoms with van der Waals surface area (Å²) in [5.74, 6) is 0.357. The van der Waals surface area contributed by atoms with Crippen molar-refractivity contribution in [3.63, 3.8) is 0 Å². The third kappa shape index (κ3) is 4.21. The number of halogens is 1. The van der Waals surface area contributed by atoms with Crippen LogP contribution in [-0.4, -0.2) is 20.9 Å². The van der Waals surface area contributed by atoms with Gasteiger partial charge in [-0.25, -0.2) is 9.97 Å². The van der Waals surface area contributed by atoms with Gasteiger partial charge in [-0.1, -0.05) is 15.9 Å². The molecular formula is C16H14BrN7O. The highest BCUT2D eigenvalue weighted by Crippen LogP contribution is 2.25. The first-order chi connectivity index (χ1) is 12.1. The van der Waals surface area contributed by atoms with Crippen molar-refractivity contribution in [2.75, 3.05) is 16.5 Å². The van der Waals surface area contributed by atoms with E-state index >= 15 is 0 Å². The Kier molecular flexibility index (Phi) is 5.05. The second kappa shape index (κ2) is 7.58. The van der Waals surface area contributed by atoms with E-state index in [4.69, 9.17) is 5.73 Å². The second-order valence-electron chi connectivity index (χ2n) is 4.94. The van der Waals surface area contributed by atoms with Crippen LogP contribution in [0.5, 0.6) is 0 Å². The van der Waals surface area contributed by atoms with E-state index in [-0.39, 0.29) is 17.4 Å². The van der Waals surface area contributed by atoms with E-state index in [2.05, 4.69) is 47.1 Å². The molecule has 1 amide bonds. The molecule has 0 radical (unpaired) electrons. The molecule has 0 saturated carbocycles. The number of pyridine rings is 1. The van der Waals surface area contributed by atoms with E-state index in [1.54, 1.807) is 18.3 Å². The zero-order valence-corrected chi connectivity index (χ0v) is 14.5. The van der Waals surface area contributed by atoms with E-state index < -0.39 is 0 Å². The highest BCUT2D eigenvalue weighted by atomic mass is 79.9. The minimum absolute atomic E-state index is 0.275. The Morgan fingerprint density at radius 2 is 1.84 bits per heavy atom. The van der Waals surface area contributed by atoms with Gasteiger partial charge in [-0.3, -0.25) is 20.6 Å². The summed E-state index contributed by atoms with van der Waals surface area (Å²) >= 11 is 3.38. The first kappa shape index (κ1) is 16.7. The van der Waals surface area contributed by atoms with Crippen LogP contribution in [-0.2, 0) is 0 Å². The van der Waals surface area contributed by atoms with Crippen LogP contribution < -0.4 is 21.9 Å². The van der Waals surface area contributed by atoms with Gasteiger partial charge in [-0.2, -0.15) is 0 Å². The molecule has 1 aromatic carbocycles. The lowest BCUT2D eigenvalue weighted by atomic mass is 10.3. The maximum absolute atomic E-state index is 12.0. The number of hydrazine groups is 1. The zero-order chi connectivity index (χ0) is 17.6. The van der Waals surface area contributed by atoms with Gasteiger partial charge in [-0.15, -0.1) is 0 Å². The number of carbonyl (C=O) groups is 1. The smallest absolute Gasteiger partial charge is 0.271 e. The topological polar surface area (TPSA) is 118 Å². The number of benzene rings is 1. The highest BCUT2D eigenvalue weighted by molar-refractivity contribution is 9.10. The Hall–Kier alpha value is -3.20. The van der Waals surface area contributed by atoms with Crippen LogP contribution in [0.4, 0.5) is 23.0 Å². The van der Waals surface area contributed by atoms with Crippen molar-refractivity contribution in [2.24, 2.45) is 0 Å². The van der Waals surface area contributed by atoms with Gasteiger partial charge in [0.2, 0.25) is 0 Å². The predicted octanol–water partition coefficient (Wildman–Crippen LogP) is 2.72. The third-order valence-corrected chi connectivity index (χ3v) is 3.74. The molecule has 126 valence electrons. The Morgan fingerprint density at radius 1 is 1.08 bits per heavy atom. The molecule has 0 aliphatic heterocycles. The summed E-state index contributed by atoms with van der Waals surface area (Å²) in [6.45, 7) is 0. The normalized spacial score (nSPS) is 10.1. The molecule has 0 atom stereocenters. The molecule has 2 heterocycles. The first-order valence-electron chi connectivity index (χ1n) is 7.23. The molecule has 3 rings (SSSR count). The molecule has 0 spiro atoms. The van der Waals surface area contributed by atoms with Crippen LogP contribution in [0.2, 0.25) is 0 Å². The maximum Gasteiger partial charge on any atom is 0.271 e. The van der Waals surface area contributed by atoms with Crippen LogP contribution in [0, 0.1) is 0 Å². The first-order valence-corrected chi connectivity index (χ1v) is 8.02. The van der Waals surface area contributed by atoms with Gasteiger partial charge < -0.3 is 11.1 Å². The molecule has 5 N–H and O–H groups in total. The molecule has 0 saturated heterocycles. The molecule has 0 unspecified atom stereocenters. The van der Waals surface area contributed by atoms with Crippen molar-refractivity contribution < 1.29 is 4.79 Å². The van der Waals surface area contributed by atoms with Crippen molar-refractivity contribution in [1.82, 2.24) is 20.4 Å². The Labute approximate surface area is 152 Å². The number of anilines is 4. The summed E-state index contributed by atoms with van der Waals surface area (Å²) < 4.78 is 0.967. The zero-order valence-electron chi connectivity index (χ0n) is 12.9. The summed E-state index contributed by atoms with van der Waals surface area (Å²) in [5, 5.41) is 3.10. The summed E-state index contributed by atoms with van der Waals surface area (Å²) in [6.07, 6.45) is 4.39. The molecule has 2 aromatic heterocycles. The van der Waals surface area contributed by atoms with E-state index in [0.717, 1.165) is 10.2 Å². The average molecular weight is 400 g/mol. The molecule has 25 heavy (non-hydrogen) atoms. The van der Waals surface area contributed by atoms with Crippen molar-refractivity contribution in [3.8, 4) is 0 Å². The lowest BCUT2D eigenvalue weighted by molar-refractivity contribution is 0.0962.